The number of hydrogen-bond acceptors (Lipinski definition) is 5. The van der Waals surface area contributed by atoms with Gasteiger partial charge in [0.15, 0.2) is 11.5 Å². The third kappa shape index (κ3) is 3.08. The fraction of sp³-hybridized carbons (Fsp3) is 0.286. The van der Waals surface area contributed by atoms with E-state index in [9.17, 15) is 15.0 Å². The maximum absolute atomic E-state index is 12.2. The average Bonchev–Trinajstić information content (AvgIpc) is 2.48. The molecule has 6 heteroatoms. The van der Waals surface area contributed by atoms with E-state index in [-0.39, 0.29) is 23.0 Å². The van der Waals surface area contributed by atoms with Crippen LogP contribution in [0.25, 0.3) is 6.08 Å². The molecule has 0 unspecified atom stereocenters. The number of ether oxygens (including phenoxy) is 1. The molecule has 0 aromatic heterocycles. The maximum Gasteiger partial charge on any atom is 0.264 e. The highest BCUT2D eigenvalue weighted by molar-refractivity contribution is 6.01. The molecule has 2 rings (SSSR count). The summed E-state index contributed by atoms with van der Waals surface area (Å²) in [6, 6.07) is 5.97. The summed E-state index contributed by atoms with van der Waals surface area (Å²) in [4.78, 5) is 13.7. The lowest BCUT2D eigenvalue weighted by Gasteiger charge is -2.26. The Kier molecular flexibility index (Phi) is 4.23. The van der Waals surface area contributed by atoms with Gasteiger partial charge in [0, 0.05) is 13.1 Å². The van der Waals surface area contributed by atoms with E-state index in [2.05, 4.69) is 0 Å². The van der Waals surface area contributed by atoms with Gasteiger partial charge >= 0.3 is 0 Å². The first kappa shape index (κ1) is 13.9. The third-order valence-corrected chi connectivity index (χ3v) is 2.96. The first-order chi connectivity index (χ1) is 9.61. The molecule has 1 saturated heterocycles. The smallest absolute Gasteiger partial charge is 0.264 e. The van der Waals surface area contributed by atoms with Crippen LogP contribution in [0, 0.1) is 11.3 Å². The van der Waals surface area contributed by atoms with Gasteiger partial charge in [0.25, 0.3) is 5.91 Å². The number of benzene rings is 1. The van der Waals surface area contributed by atoms with Gasteiger partial charge in [-0.1, -0.05) is 6.07 Å². The molecule has 1 aromatic carbocycles. The molecule has 0 radical (unpaired) electrons. The van der Waals surface area contributed by atoms with Gasteiger partial charge in [0.2, 0.25) is 0 Å². The summed E-state index contributed by atoms with van der Waals surface area (Å²) in [5.41, 5.74) is 0.454. The molecule has 20 heavy (non-hydrogen) atoms. The molecule has 1 aromatic rings. The van der Waals surface area contributed by atoms with Crippen LogP contribution in [0.3, 0.4) is 0 Å². The summed E-state index contributed by atoms with van der Waals surface area (Å²) in [7, 11) is 0. The normalized spacial score (nSPS) is 15.8. The van der Waals surface area contributed by atoms with E-state index in [1.54, 1.807) is 4.90 Å². The summed E-state index contributed by atoms with van der Waals surface area (Å²) < 4.78 is 5.15. The van der Waals surface area contributed by atoms with Gasteiger partial charge in [-0.15, -0.1) is 0 Å². The summed E-state index contributed by atoms with van der Waals surface area (Å²) in [5, 5.41) is 27.7. The second-order valence-corrected chi connectivity index (χ2v) is 4.32. The minimum absolute atomic E-state index is 0.0167. The van der Waals surface area contributed by atoms with Crippen LogP contribution in [0.1, 0.15) is 5.56 Å². The molecule has 1 aliphatic heterocycles. The van der Waals surface area contributed by atoms with E-state index in [1.165, 1.54) is 24.3 Å². The summed E-state index contributed by atoms with van der Waals surface area (Å²) in [6.45, 7) is 1.84. The van der Waals surface area contributed by atoms with Crippen molar-refractivity contribution in [1.29, 1.82) is 5.26 Å². The average molecular weight is 274 g/mol. The Morgan fingerprint density at radius 3 is 2.60 bits per heavy atom. The summed E-state index contributed by atoms with van der Waals surface area (Å²) >= 11 is 0. The van der Waals surface area contributed by atoms with Crippen molar-refractivity contribution in [2.75, 3.05) is 26.3 Å². The Hall–Kier alpha value is -2.52. The van der Waals surface area contributed by atoms with Crippen LogP contribution in [0.15, 0.2) is 23.8 Å². The number of carbonyl (C=O) groups excluding carboxylic acids is 1. The molecular formula is C14H14N2O4. The van der Waals surface area contributed by atoms with Crippen LogP contribution < -0.4 is 0 Å². The minimum Gasteiger partial charge on any atom is -0.504 e. The zero-order valence-electron chi connectivity index (χ0n) is 10.7. The predicted octanol–water partition coefficient (Wildman–Crippen LogP) is 0.864. The van der Waals surface area contributed by atoms with Crippen LogP contribution in [0.4, 0.5) is 0 Å². The highest BCUT2D eigenvalue weighted by atomic mass is 16.5. The molecule has 0 aliphatic carbocycles. The van der Waals surface area contributed by atoms with Crippen molar-refractivity contribution in [3.8, 4) is 17.6 Å². The van der Waals surface area contributed by atoms with Crippen LogP contribution in [-0.2, 0) is 9.53 Å². The number of nitriles is 1. The van der Waals surface area contributed by atoms with Crippen molar-refractivity contribution >= 4 is 12.0 Å². The van der Waals surface area contributed by atoms with Gasteiger partial charge in [0.05, 0.1) is 13.2 Å². The van der Waals surface area contributed by atoms with Gasteiger partial charge < -0.3 is 19.8 Å². The first-order valence-corrected chi connectivity index (χ1v) is 6.12. The highest BCUT2D eigenvalue weighted by Crippen LogP contribution is 2.26. The number of hydrogen-bond donors (Lipinski definition) is 2. The molecule has 104 valence electrons. The zero-order chi connectivity index (χ0) is 14.5. The fourth-order valence-electron chi connectivity index (χ4n) is 1.88. The van der Waals surface area contributed by atoms with Crippen molar-refractivity contribution in [1.82, 2.24) is 4.90 Å². The van der Waals surface area contributed by atoms with Crippen molar-refractivity contribution in [2.24, 2.45) is 0 Å². The second-order valence-electron chi connectivity index (χ2n) is 4.32. The Bertz CT molecular complexity index is 583. The molecule has 0 spiro atoms. The second kappa shape index (κ2) is 6.08. The lowest BCUT2D eigenvalue weighted by Crippen LogP contribution is -2.41. The Morgan fingerprint density at radius 1 is 1.30 bits per heavy atom. The van der Waals surface area contributed by atoms with Gasteiger partial charge in [-0.25, -0.2) is 0 Å². The van der Waals surface area contributed by atoms with E-state index in [0.29, 0.717) is 31.9 Å². The first-order valence-electron chi connectivity index (χ1n) is 6.12. The lowest BCUT2D eigenvalue weighted by atomic mass is 10.1. The molecule has 0 bridgehead atoms. The topological polar surface area (TPSA) is 93.8 Å². The van der Waals surface area contributed by atoms with E-state index in [4.69, 9.17) is 10.00 Å². The van der Waals surface area contributed by atoms with E-state index in [1.807, 2.05) is 6.07 Å². The van der Waals surface area contributed by atoms with Gasteiger partial charge in [-0.05, 0) is 23.8 Å². The number of rotatable bonds is 2. The molecule has 6 nitrogen and oxygen atoms in total. The number of amides is 1. The summed E-state index contributed by atoms with van der Waals surface area (Å²) in [5.74, 6) is -0.904. The number of phenols is 2. The Balaban J connectivity index is 2.22. The third-order valence-electron chi connectivity index (χ3n) is 2.96. The Morgan fingerprint density at radius 2 is 2.00 bits per heavy atom. The van der Waals surface area contributed by atoms with Crippen molar-refractivity contribution in [3.63, 3.8) is 0 Å². The van der Waals surface area contributed by atoms with Crippen molar-refractivity contribution in [3.05, 3.63) is 29.3 Å². The van der Waals surface area contributed by atoms with Crippen LogP contribution >= 0.6 is 0 Å². The van der Waals surface area contributed by atoms with Crippen LogP contribution in [0.5, 0.6) is 11.5 Å². The van der Waals surface area contributed by atoms with E-state index < -0.39 is 0 Å². The largest absolute Gasteiger partial charge is 0.504 e. The predicted molar refractivity (Wildman–Crippen MR) is 70.8 cm³/mol. The molecule has 1 aliphatic rings. The molecule has 1 amide bonds. The molecule has 0 atom stereocenters. The number of aromatic hydroxyl groups is 2. The van der Waals surface area contributed by atoms with Crippen LogP contribution in [0.2, 0.25) is 0 Å². The van der Waals surface area contributed by atoms with Gasteiger partial charge in [0.1, 0.15) is 11.6 Å². The Labute approximate surface area is 116 Å². The monoisotopic (exact) mass is 274 g/mol. The quantitative estimate of drug-likeness (QED) is 0.474. The van der Waals surface area contributed by atoms with Crippen molar-refractivity contribution in [2.45, 2.75) is 0 Å². The lowest BCUT2D eigenvalue weighted by molar-refractivity contribution is -0.130. The van der Waals surface area contributed by atoms with Gasteiger partial charge in [-0.2, -0.15) is 5.26 Å². The molecule has 0 saturated carbocycles. The number of phenolic OH excluding ortho intramolecular Hbond substituents is 2. The van der Waals surface area contributed by atoms with E-state index >= 15 is 0 Å². The van der Waals surface area contributed by atoms with Crippen LogP contribution in [-0.4, -0.2) is 47.3 Å². The molecule has 1 fully saturated rings. The summed E-state index contributed by atoms with van der Waals surface area (Å²) in [6.07, 6.45) is 1.39. The molecular weight excluding hydrogens is 260 g/mol. The highest BCUT2D eigenvalue weighted by Gasteiger charge is 2.20. The maximum atomic E-state index is 12.2. The number of morpholine rings is 1. The fourth-order valence-corrected chi connectivity index (χ4v) is 1.88. The standard InChI is InChI=1S/C14H14N2O4/c15-9-11(14(19)16-3-5-20-6-4-16)7-10-1-2-12(17)13(18)8-10/h1-2,7-8,17-18H,3-6H2/b11-7+. The number of carbonyl (C=O) groups is 1. The number of nitrogens with zero attached hydrogens (tertiary/aromatic N) is 2. The van der Waals surface area contributed by atoms with Gasteiger partial charge in [-0.3, -0.25) is 4.79 Å². The van der Waals surface area contributed by atoms with Crippen molar-refractivity contribution < 1.29 is 19.7 Å². The zero-order valence-corrected chi connectivity index (χ0v) is 10.7. The minimum atomic E-state index is -0.358. The van der Waals surface area contributed by atoms with E-state index in [0.717, 1.165) is 0 Å². The SMILES string of the molecule is N#C/C(=C\c1ccc(O)c(O)c1)C(=O)N1CCOCC1. The molecule has 2 N–H and O–H groups in total. The molecule has 1 heterocycles.